The van der Waals surface area contributed by atoms with E-state index in [1.807, 2.05) is 12.1 Å². The van der Waals surface area contributed by atoms with E-state index < -0.39 is 0 Å². The first-order valence-electron chi connectivity index (χ1n) is 7.07. The summed E-state index contributed by atoms with van der Waals surface area (Å²) in [5.41, 5.74) is 3.80. The predicted molar refractivity (Wildman–Crippen MR) is 93.2 cm³/mol. The van der Waals surface area contributed by atoms with Crippen LogP contribution in [0.1, 0.15) is 31.9 Å². The van der Waals surface area contributed by atoms with Gasteiger partial charge in [-0.15, -0.1) is 0 Å². The summed E-state index contributed by atoms with van der Waals surface area (Å²) >= 11 is 3.60. The minimum atomic E-state index is 0.120. The van der Waals surface area contributed by atoms with Crippen molar-refractivity contribution in [3.63, 3.8) is 0 Å². The first kappa shape index (κ1) is 15.9. The van der Waals surface area contributed by atoms with Gasteiger partial charge in [-0.1, -0.05) is 54.9 Å². The van der Waals surface area contributed by atoms with Gasteiger partial charge in [0.1, 0.15) is 5.75 Å². The second kappa shape index (κ2) is 6.52. The standard InChI is InChI=1S/C18H22BrNO/c1-18(2,3)15-7-5-6-8-17(15)20-12-13-11-14(21-4)9-10-16(13)19/h5-11,20H,12H2,1-4H3. The molecule has 3 heteroatoms. The van der Waals surface area contributed by atoms with Crippen molar-refractivity contribution in [2.24, 2.45) is 0 Å². The highest BCUT2D eigenvalue weighted by Gasteiger charge is 2.17. The number of halogens is 1. The summed E-state index contributed by atoms with van der Waals surface area (Å²) in [6, 6.07) is 14.5. The fraction of sp³-hybridized carbons (Fsp3) is 0.333. The molecule has 0 unspecified atom stereocenters. The van der Waals surface area contributed by atoms with Gasteiger partial charge in [-0.3, -0.25) is 0 Å². The first-order valence-corrected chi connectivity index (χ1v) is 7.87. The molecule has 0 bridgehead atoms. The van der Waals surface area contributed by atoms with Gasteiger partial charge in [0.2, 0.25) is 0 Å². The highest BCUT2D eigenvalue weighted by molar-refractivity contribution is 9.10. The Hall–Kier alpha value is -1.48. The Labute approximate surface area is 135 Å². The van der Waals surface area contributed by atoms with Crippen LogP contribution < -0.4 is 10.1 Å². The quantitative estimate of drug-likeness (QED) is 0.802. The molecule has 21 heavy (non-hydrogen) atoms. The molecule has 2 aromatic carbocycles. The van der Waals surface area contributed by atoms with E-state index in [4.69, 9.17) is 4.74 Å². The zero-order valence-electron chi connectivity index (χ0n) is 13.0. The second-order valence-electron chi connectivity index (χ2n) is 6.11. The fourth-order valence-electron chi connectivity index (χ4n) is 2.30. The van der Waals surface area contributed by atoms with Crippen molar-refractivity contribution in [3.05, 3.63) is 58.1 Å². The minimum absolute atomic E-state index is 0.120. The van der Waals surface area contributed by atoms with Gasteiger partial charge in [-0.2, -0.15) is 0 Å². The Bertz CT molecular complexity index is 617. The van der Waals surface area contributed by atoms with Gasteiger partial charge >= 0.3 is 0 Å². The molecule has 2 nitrogen and oxygen atoms in total. The zero-order valence-corrected chi connectivity index (χ0v) is 14.6. The summed E-state index contributed by atoms with van der Waals surface area (Å²) in [5.74, 6) is 0.874. The molecule has 2 rings (SSSR count). The largest absolute Gasteiger partial charge is 0.497 e. The van der Waals surface area contributed by atoms with Crippen LogP contribution in [0.5, 0.6) is 5.75 Å². The molecule has 2 aromatic rings. The van der Waals surface area contributed by atoms with Crippen molar-refractivity contribution in [1.29, 1.82) is 0 Å². The molecule has 112 valence electrons. The summed E-state index contributed by atoms with van der Waals surface area (Å²) in [6.07, 6.45) is 0. The van der Waals surface area contributed by atoms with Crippen molar-refractivity contribution in [1.82, 2.24) is 0 Å². The predicted octanol–water partition coefficient (Wildman–Crippen LogP) is 5.37. The summed E-state index contributed by atoms with van der Waals surface area (Å²) in [7, 11) is 1.69. The van der Waals surface area contributed by atoms with E-state index in [1.165, 1.54) is 16.8 Å². The Balaban J connectivity index is 2.21. The molecular weight excluding hydrogens is 326 g/mol. The van der Waals surface area contributed by atoms with Crippen molar-refractivity contribution in [2.75, 3.05) is 12.4 Å². The van der Waals surface area contributed by atoms with Crippen molar-refractivity contribution in [3.8, 4) is 5.75 Å². The number of benzene rings is 2. The maximum absolute atomic E-state index is 5.29. The SMILES string of the molecule is COc1ccc(Br)c(CNc2ccccc2C(C)(C)C)c1. The molecule has 0 radical (unpaired) electrons. The molecule has 0 saturated heterocycles. The number of hydrogen-bond acceptors (Lipinski definition) is 2. The number of anilines is 1. The zero-order chi connectivity index (χ0) is 15.5. The lowest BCUT2D eigenvalue weighted by molar-refractivity contribution is 0.414. The van der Waals surface area contributed by atoms with Crippen LogP contribution in [0.25, 0.3) is 0 Å². The van der Waals surface area contributed by atoms with Gasteiger partial charge in [-0.25, -0.2) is 0 Å². The number of nitrogens with one attached hydrogen (secondary N) is 1. The van der Waals surface area contributed by atoms with Crippen LogP contribution in [-0.4, -0.2) is 7.11 Å². The van der Waals surface area contributed by atoms with Crippen LogP contribution in [0.4, 0.5) is 5.69 Å². The van der Waals surface area contributed by atoms with Crippen LogP contribution in [0.2, 0.25) is 0 Å². The van der Waals surface area contributed by atoms with Crippen LogP contribution in [0, 0.1) is 0 Å². The van der Waals surface area contributed by atoms with Crippen LogP contribution >= 0.6 is 15.9 Å². The summed E-state index contributed by atoms with van der Waals surface area (Å²) < 4.78 is 6.38. The highest BCUT2D eigenvalue weighted by atomic mass is 79.9. The molecular formula is C18H22BrNO. The molecule has 0 aliphatic heterocycles. The lowest BCUT2D eigenvalue weighted by Crippen LogP contribution is -2.14. The molecule has 0 aliphatic rings. The van der Waals surface area contributed by atoms with E-state index in [1.54, 1.807) is 7.11 Å². The average molecular weight is 348 g/mol. The molecule has 0 amide bonds. The Morgan fingerprint density at radius 3 is 2.48 bits per heavy atom. The van der Waals surface area contributed by atoms with Crippen LogP contribution in [0.15, 0.2) is 46.9 Å². The van der Waals surface area contributed by atoms with E-state index in [-0.39, 0.29) is 5.41 Å². The smallest absolute Gasteiger partial charge is 0.119 e. The van der Waals surface area contributed by atoms with Gasteiger partial charge in [0, 0.05) is 16.7 Å². The van der Waals surface area contributed by atoms with E-state index in [9.17, 15) is 0 Å². The topological polar surface area (TPSA) is 21.3 Å². The lowest BCUT2D eigenvalue weighted by Gasteiger charge is -2.23. The third kappa shape index (κ3) is 4.01. The van der Waals surface area contributed by atoms with Gasteiger partial charge < -0.3 is 10.1 Å². The Morgan fingerprint density at radius 1 is 1.10 bits per heavy atom. The number of methoxy groups -OCH3 is 1. The fourth-order valence-corrected chi connectivity index (χ4v) is 2.68. The summed E-state index contributed by atoms with van der Waals surface area (Å²) in [4.78, 5) is 0. The van der Waals surface area contributed by atoms with Crippen molar-refractivity contribution >= 4 is 21.6 Å². The molecule has 0 aliphatic carbocycles. The number of hydrogen-bond donors (Lipinski definition) is 1. The van der Waals surface area contributed by atoms with E-state index in [0.29, 0.717) is 0 Å². The first-order chi connectivity index (χ1) is 9.91. The molecule has 0 atom stereocenters. The maximum Gasteiger partial charge on any atom is 0.119 e. The van der Waals surface area contributed by atoms with Crippen LogP contribution in [0.3, 0.4) is 0 Å². The summed E-state index contributed by atoms with van der Waals surface area (Å²) in [5, 5.41) is 3.54. The Morgan fingerprint density at radius 2 is 1.81 bits per heavy atom. The third-order valence-electron chi connectivity index (χ3n) is 3.46. The monoisotopic (exact) mass is 347 g/mol. The number of rotatable bonds is 4. The highest BCUT2D eigenvalue weighted by Crippen LogP contribution is 2.30. The van der Waals surface area contributed by atoms with Crippen LogP contribution in [-0.2, 0) is 12.0 Å². The second-order valence-corrected chi connectivity index (χ2v) is 6.96. The minimum Gasteiger partial charge on any atom is -0.497 e. The molecule has 0 spiro atoms. The number of para-hydroxylation sites is 1. The lowest BCUT2D eigenvalue weighted by atomic mass is 9.86. The van der Waals surface area contributed by atoms with Gasteiger partial charge in [-0.05, 0) is 40.8 Å². The van der Waals surface area contributed by atoms with E-state index in [0.717, 1.165) is 16.8 Å². The molecule has 1 N–H and O–H groups in total. The maximum atomic E-state index is 5.29. The third-order valence-corrected chi connectivity index (χ3v) is 4.23. The van der Waals surface area contributed by atoms with Crippen molar-refractivity contribution in [2.45, 2.75) is 32.7 Å². The average Bonchev–Trinajstić information content (AvgIpc) is 2.46. The molecule has 0 fully saturated rings. The molecule has 0 saturated carbocycles. The van der Waals surface area contributed by atoms with Crippen molar-refractivity contribution < 1.29 is 4.74 Å². The van der Waals surface area contributed by atoms with Gasteiger partial charge in [0.25, 0.3) is 0 Å². The summed E-state index contributed by atoms with van der Waals surface area (Å²) in [6.45, 7) is 7.45. The number of ether oxygens (including phenoxy) is 1. The van der Waals surface area contributed by atoms with Gasteiger partial charge in [0.15, 0.2) is 0 Å². The van der Waals surface area contributed by atoms with E-state index >= 15 is 0 Å². The molecule has 0 heterocycles. The normalized spacial score (nSPS) is 11.3. The Kier molecular flexibility index (Phi) is 4.94. The van der Waals surface area contributed by atoms with Gasteiger partial charge in [0.05, 0.1) is 7.11 Å². The van der Waals surface area contributed by atoms with E-state index in [2.05, 4.69) is 72.3 Å². The molecule has 0 aromatic heterocycles.